The van der Waals surface area contributed by atoms with Gasteiger partial charge < -0.3 is 14.4 Å². The number of amides is 1. The van der Waals surface area contributed by atoms with E-state index in [1.165, 1.54) is 6.26 Å². The van der Waals surface area contributed by atoms with Gasteiger partial charge in [0.1, 0.15) is 5.60 Å². The zero-order chi connectivity index (χ0) is 22.6. The minimum absolute atomic E-state index is 0.0708. The molecule has 0 unspecified atom stereocenters. The fourth-order valence-electron chi connectivity index (χ4n) is 3.20. The van der Waals surface area contributed by atoms with Crippen LogP contribution in [0.25, 0.3) is 11.3 Å². The molecule has 1 aliphatic heterocycles. The van der Waals surface area contributed by atoms with Crippen molar-refractivity contribution >= 4 is 16.7 Å². The molecular weight excluding hydrogens is 418 g/mol. The zero-order valence-corrected chi connectivity index (χ0v) is 19.3. The molecule has 0 spiro atoms. The van der Waals surface area contributed by atoms with Crippen LogP contribution in [-0.2, 0) is 16.1 Å². The molecule has 0 saturated carbocycles. The maximum Gasteiger partial charge on any atom is 0.410 e. The minimum Gasteiger partial charge on any atom is -0.444 e. The van der Waals surface area contributed by atoms with Crippen molar-refractivity contribution in [2.45, 2.75) is 56.8 Å². The molecule has 1 amide bonds. The molecule has 2 heterocycles. The molecule has 1 aromatic heterocycles. The largest absolute Gasteiger partial charge is 0.444 e. The van der Waals surface area contributed by atoms with E-state index in [1.807, 2.05) is 20.8 Å². The van der Waals surface area contributed by atoms with Crippen molar-refractivity contribution in [1.29, 1.82) is 0 Å². The van der Waals surface area contributed by atoms with E-state index < -0.39 is 16.2 Å². The third-order valence-corrected chi connectivity index (χ3v) is 6.03. The number of carbonyl (C=O) groups excluding carboxylic acids is 1. The Balaban J connectivity index is 1.47. The van der Waals surface area contributed by atoms with Crippen molar-refractivity contribution < 1.29 is 23.4 Å². The highest BCUT2D eigenvalue weighted by molar-refractivity contribution is 8.23. The lowest BCUT2D eigenvalue weighted by Gasteiger charge is -2.33. The molecule has 0 radical (unpaired) electrons. The Morgan fingerprint density at radius 1 is 1.13 bits per heavy atom. The lowest BCUT2D eigenvalue weighted by Crippen LogP contribution is -2.43. The van der Waals surface area contributed by atoms with Crippen LogP contribution in [0, 0.1) is 0 Å². The highest BCUT2D eigenvalue weighted by Gasteiger charge is 2.27. The summed E-state index contributed by atoms with van der Waals surface area (Å²) in [6, 6.07) is 6.97. The topological polar surface area (TPSA) is 105 Å². The highest BCUT2D eigenvalue weighted by Crippen LogP contribution is 2.44. The Morgan fingerprint density at radius 3 is 2.29 bits per heavy atom. The number of nitrogens with zero attached hydrogens (tertiary/aromatic N) is 3. The number of ether oxygens (including phenoxy) is 2. The van der Waals surface area contributed by atoms with Gasteiger partial charge in [0.25, 0.3) is 0 Å². The molecule has 3 rings (SSSR count). The van der Waals surface area contributed by atoms with E-state index in [2.05, 4.69) is 9.97 Å². The molecule has 2 aromatic rings. The molecule has 1 saturated heterocycles. The Kier molecular flexibility index (Phi) is 7.20. The maximum absolute atomic E-state index is 12.1. The van der Waals surface area contributed by atoms with E-state index in [1.54, 1.807) is 41.6 Å². The third kappa shape index (κ3) is 6.90. The average molecular weight is 450 g/mol. The number of benzene rings is 1. The van der Waals surface area contributed by atoms with Crippen molar-refractivity contribution in [2.75, 3.05) is 19.3 Å². The normalized spacial score (nSPS) is 16.3. The first-order valence-corrected chi connectivity index (χ1v) is 12.2. The summed E-state index contributed by atoms with van der Waals surface area (Å²) in [5.74, 6) is 0. The molecular formula is C22H31N3O5S. The second-order valence-corrected chi connectivity index (χ2v) is 10.9. The predicted molar refractivity (Wildman–Crippen MR) is 120 cm³/mol. The maximum atomic E-state index is 12.1. The summed E-state index contributed by atoms with van der Waals surface area (Å²) in [4.78, 5) is 23.2. The van der Waals surface area contributed by atoms with Crippen LogP contribution in [0.2, 0.25) is 0 Å². The summed E-state index contributed by atoms with van der Waals surface area (Å²) in [5.41, 5.74) is 1.80. The van der Waals surface area contributed by atoms with Crippen molar-refractivity contribution in [3.05, 3.63) is 42.4 Å². The van der Waals surface area contributed by atoms with Gasteiger partial charge >= 0.3 is 6.09 Å². The van der Waals surface area contributed by atoms with E-state index in [0.29, 0.717) is 30.3 Å². The average Bonchev–Trinajstić information content (AvgIpc) is 2.71. The van der Waals surface area contributed by atoms with Gasteiger partial charge in [-0.25, -0.2) is 4.79 Å². The van der Waals surface area contributed by atoms with Gasteiger partial charge in [0.05, 0.1) is 41.4 Å². The van der Waals surface area contributed by atoms with E-state index >= 15 is 0 Å². The quantitative estimate of drug-likeness (QED) is 0.675. The number of carbonyl (C=O) groups is 1. The lowest BCUT2D eigenvalue weighted by atomic mass is 10.1. The zero-order valence-electron chi connectivity index (χ0n) is 18.4. The summed E-state index contributed by atoms with van der Waals surface area (Å²) < 4.78 is 30.8. The van der Waals surface area contributed by atoms with E-state index in [4.69, 9.17) is 9.47 Å². The number of rotatable bonds is 5. The predicted octanol–water partition coefficient (Wildman–Crippen LogP) is 4.80. The number of aromatic nitrogens is 2. The lowest BCUT2D eigenvalue weighted by molar-refractivity contribution is -0.0178. The third-order valence-electron chi connectivity index (χ3n) is 4.86. The van der Waals surface area contributed by atoms with Gasteiger partial charge in [0, 0.05) is 24.9 Å². The van der Waals surface area contributed by atoms with Gasteiger partial charge in [-0.05, 0) is 45.7 Å². The van der Waals surface area contributed by atoms with Crippen LogP contribution < -0.4 is 0 Å². The van der Waals surface area contributed by atoms with Crippen molar-refractivity contribution in [1.82, 2.24) is 14.9 Å². The first-order valence-electron chi connectivity index (χ1n) is 10.3. The first-order chi connectivity index (χ1) is 14.5. The number of hydrogen-bond donors (Lipinski definition) is 2. The molecule has 1 aromatic carbocycles. The van der Waals surface area contributed by atoms with E-state index in [0.717, 1.165) is 24.1 Å². The summed E-state index contributed by atoms with van der Waals surface area (Å²) in [6.07, 6.45) is 6.08. The number of piperidine rings is 1. The molecule has 8 nitrogen and oxygen atoms in total. The van der Waals surface area contributed by atoms with Gasteiger partial charge in [0.15, 0.2) is 0 Å². The Morgan fingerprint density at radius 2 is 1.77 bits per heavy atom. The summed E-state index contributed by atoms with van der Waals surface area (Å²) in [5, 5.41) is 0. The molecule has 9 heteroatoms. The molecule has 0 atom stereocenters. The smallest absolute Gasteiger partial charge is 0.410 e. The molecule has 0 aliphatic carbocycles. The molecule has 170 valence electrons. The monoisotopic (exact) mass is 449 g/mol. The fourth-order valence-corrected chi connectivity index (χ4v) is 3.85. The summed E-state index contributed by atoms with van der Waals surface area (Å²) in [7, 11) is -2.72. The Bertz CT molecular complexity index is 868. The molecule has 1 fully saturated rings. The standard InChI is InChI=1S/C22H31N3O5S/c1-22(2,3)30-21(26)25-11-9-18(10-12-25)29-15-17-13-24-20(14-23-17)16-5-7-19(8-6-16)31(4,27)28/h5-8,13-14,18,27-28H,9-12,15H2,1-4H3. The van der Waals surface area contributed by atoms with Crippen LogP contribution in [0.5, 0.6) is 0 Å². The van der Waals surface area contributed by atoms with Crippen LogP contribution in [0.15, 0.2) is 41.6 Å². The molecule has 0 bridgehead atoms. The van der Waals surface area contributed by atoms with Crippen LogP contribution in [0.1, 0.15) is 39.3 Å². The van der Waals surface area contributed by atoms with Gasteiger partial charge in [-0.1, -0.05) is 12.1 Å². The number of hydrogen-bond acceptors (Lipinski definition) is 7. The Hall–Kier alpha value is -2.20. The van der Waals surface area contributed by atoms with Crippen molar-refractivity contribution in [2.24, 2.45) is 0 Å². The van der Waals surface area contributed by atoms with Gasteiger partial charge in [0.2, 0.25) is 0 Å². The van der Waals surface area contributed by atoms with Crippen molar-refractivity contribution in [3.63, 3.8) is 0 Å². The molecule has 1 aliphatic rings. The van der Waals surface area contributed by atoms with Crippen LogP contribution in [-0.4, -0.2) is 61.1 Å². The van der Waals surface area contributed by atoms with Crippen LogP contribution in [0.3, 0.4) is 0 Å². The van der Waals surface area contributed by atoms with Crippen molar-refractivity contribution in [3.8, 4) is 11.3 Å². The molecule has 2 N–H and O–H groups in total. The molecule has 31 heavy (non-hydrogen) atoms. The van der Waals surface area contributed by atoms with Gasteiger partial charge in [-0.2, -0.15) is 10.6 Å². The van der Waals surface area contributed by atoms with Gasteiger partial charge in [-0.3, -0.25) is 19.1 Å². The fraction of sp³-hybridized carbons (Fsp3) is 0.500. The van der Waals surface area contributed by atoms with E-state index in [9.17, 15) is 13.9 Å². The number of likely N-dealkylation sites (tertiary alicyclic amines) is 1. The van der Waals surface area contributed by atoms with Crippen LogP contribution in [0.4, 0.5) is 4.79 Å². The first kappa shape index (κ1) is 23.5. The van der Waals surface area contributed by atoms with Gasteiger partial charge in [-0.15, -0.1) is 0 Å². The highest BCUT2D eigenvalue weighted by atomic mass is 32.3. The van der Waals surface area contributed by atoms with E-state index in [-0.39, 0.29) is 12.2 Å². The minimum atomic E-state index is -2.72. The summed E-state index contributed by atoms with van der Waals surface area (Å²) >= 11 is 0. The second kappa shape index (κ2) is 9.52. The summed E-state index contributed by atoms with van der Waals surface area (Å²) in [6.45, 7) is 7.18. The second-order valence-electron chi connectivity index (χ2n) is 8.73. The van der Waals surface area contributed by atoms with Crippen LogP contribution >= 0.6 is 10.6 Å². The SMILES string of the molecule is CC(C)(C)OC(=O)N1CCC(OCc2cnc(-c3ccc(S(C)(O)O)cc3)cn2)CC1. The Labute approximate surface area is 185 Å².